The van der Waals surface area contributed by atoms with Crippen LogP contribution >= 0.6 is 0 Å². The van der Waals surface area contributed by atoms with Gasteiger partial charge in [0, 0.05) is 29.4 Å². The molecule has 1 unspecified atom stereocenters. The van der Waals surface area contributed by atoms with Crippen molar-refractivity contribution < 1.29 is 50.2 Å². The summed E-state index contributed by atoms with van der Waals surface area (Å²) in [6.45, 7) is 1.55. The Kier molecular flexibility index (Phi) is 10.1. The quantitative estimate of drug-likeness (QED) is 0.338. The third kappa shape index (κ3) is 7.65. The molecule has 0 spiro atoms. The molecule has 2 saturated carbocycles. The number of methoxy groups -OCH3 is 1. The van der Waals surface area contributed by atoms with Crippen LogP contribution in [0.3, 0.4) is 0 Å². The number of sulfonamides is 1. The first-order valence-corrected chi connectivity index (χ1v) is 18.9. The number of nitrogens with two attached hydrogens (primary N) is 1. The Balaban J connectivity index is 1.31. The molecule has 0 bridgehead atoms. The number of aromatic nitrogens is 1. The van der Waals surface area contributed by atoms with Gasteiger partial charge in [-0.1, -0.05) is 25.0 Å². The molecular formula is C35H44F3N5O8S. The minimum Gasteiger partial charge on any atom is -0.496 e. The summed E-state index contributed by atoms with van der Waals surface area (Å²) < 4.78 is 83.2. The second-order valence-electron chi connectivity index (χ2n) is 14.5. The van der Waals surface area contributed by atoms with Crippen molar-refractivity contribution >= 4 is 38.6 Å². The number of allylic oxidation sites excluding steroid dienone is 1. The van der Waals surface area contributed by atoms with E-state index in [0.717, 1.165) is 12.8 Å². The summed E-state index contributed by atoms with van der Waals surface area (Å²) in [5, 5.41) is 3.24. The van der Waals surface area contributed by atoms with Crippen molar-refractivity contribution in [2.75, 3.05) is 20.3 Å². The zero-order valence-corrected chi connectivity index (χ0v) is 30.1. The Morgan fingerprint density at radius 2 is 1.92 bits per heavy atom. The fourth-order valence-corrected chi connectivity index (χ4v) is 8.24. The molecular weight excluding hydrogens is 707 g/mol. The molecule has 0 radical (unpaired) electrons. The van der Waals surface area contributed by atoms with E-state index in [1.807, 2.05) is 12.2 Å². The molecule has 2 aliphatic heterocycles. The number of nitrogens with zero attached hydrogens (tertiary/aromatic N) is 2. The lowest BCUT2D eigenvalue weighted by Gasteiger charge is -2.28. The molecule has 52 heavy (non-hydrogen) atoms. The largest absolute Gasteiger partial charge is 0.496 e. The lowest BCUT2D eigenvalue weighted by atomic mass is 10.1. The maximum absolute atomic E-state index is 14.2. The van der Waals surface area contributed by atoms with Gasteiger partial charge in [-0.05, 0) is 64.5 Å². The average molecular weight is 752 g/mol. The van der Waals surface area contributed by atoms with E-state index in [4.69, 9.17) is 19.9 Å². The number of alkyl halides is 3. The highest BCUT2D eigenvalue weighted by molar-refractivity contribution is 7.91. The first kappa shape index (κ1) is 37.6. The van der Waals surface area contributed by atoms with Crippen LogP contribution in [0.2, 0.25) is 0 Å². The van der Waals surface area contributed by atoms with Gasteiger partial charge in [-0.25, -0.2) is 13.4 Å². The van der Waals surface area contributed by atoms with Gasteiger partial charge in [-0.2, -0.15) is 13.2 Å². The van der Waals surface area contributed by atoms with E-state index < -0.39 is 74.9 Å². The summed E-state index contributed by atoms with van der Waals surface area (Å²) >= 11 is 0. The van der Waals surface area contributed by atoms with E-state index in [0.29, 0.717) is 48.8 Å². The van der Waals surface area contributed by atoms with E-state index in [2.05, 4.69) is 15.0 Å². The number of nitrogens with one attached hydrogen (secondary N) is 2. The van der Waals surface area contributed by atoms with Crippen LogP contribution in [0, 0.1) is 12.8 Å². The maximum Gasteiger partial charge on any atom is 0.422 e. The van der Waals surface area contributed by atoms with Gasteiger partial charge in [0.15, 0.2) is 6.61 Å². The number of ether oxygens (including phenoxy) is 3. The Bertz CT molecular complexity index is 1890. The molecule has 17 heteroatoms. The summed E-state index contributed by atoms with van der Waals surface area (Å²) in [6, 6.07) is 2.44. The molecule has 6 rings (SSSR count). The van der Waals surface area contributed by atoms with Crippen LogP contribution in [0.4, 0.5) is 13.2 Å². The first-order valence-electron chi connectivity index (χ1n) is 17.4. The van der Waals surface area contributed by atoms with Crippen molar-refractivity contribution in [2.45, 2.75) is 106 Å². The summed E-state index contributed by atoms with van der Waals surface area (Å²) in [4.78, 5) is 47.3. The van der Waals surface area contributed by atoms with Gasteiger partial charge in [0.2, 0.25) is 27.7 Å². The standard InChI is InChI=1S/C35H44F3N5O8S/c1-20-26(49-3)12-11-23-27(16-28(40-29(20)23)50-19-35(36,37)38)51-22-15-25-30(44)41-34(32(46)42-52(47,48)33(2)13-14-33)17-21(34)9-7-5-4-6-8-10-24(39)31(45)43(25)18-22/h7,9,11-12,16,21-22,24-25H,4-6,8,10,13-15,17-19,39H2,1-3H3,(H,41,44)(H,42,46)/b9-7-/t21?,22-,24+,25+,34-/m1/s1. The highest BCUT2D eigenvalue weighted by Crippen LogP contribution is 2.47. The summed E-state index contributed by atoms with van der Waals surface area (Å²) in [5.41, 5.74) is 5.60. The molecule has 3 heterocycles. The Morgan fingerprint density at radius 1 is 1.17 bits per heavy atom. The van der Waals surface area contributed by atoms with Crippen LogP contribution in [0.5, 0.6) is 17.4 Å². The molecule has 1 aromatic heterocycles. The number of halogens is 3. The smallest absolute Gasteiger partial charge is 0.422 e. The molecule has 2 aliphatic carbocycles. The predicted octanol–water partition coefficient (Wildman–Crippen LogP) is 3.56. The normalized spacial score (nSPS) is 28.4. The maximum atomic E-state index is 14.2. The van der Waals surface area contributed by atoms with Crippen LogP contribution in [0.1, 0.15) is 70.3 Å². The minimum atomic E-state index is -4.63. The number of hydrogen-bond acceptors (Lipinski definition) is 10. The Labute approximate surface area is 299 Å². The number of fused-ring (bicyclic) bond motifs is 3. The van der Waals surface area contributed by atoms with Gasteiger partial charge >= 0.3 is 6.18 Å². The van der Waals surface area contributed by atoms with Crippen molar-refractivity contribution in [3.05, 3.63) is 35.9 Å². The molecule has 4 N–H and O–H groups in total. The van der Waals surface area contributed by atoms with Gasteiger partial charge in [0.1, 0.15) is 29.2 Å². The molecule has 284 valence electrons. The van der Waals surface area contributed by atoms with Crippen LogP contribution in [-0.2, 0) is 24.4 Å². The van der Waals surface area contributed by atoms with Gasteiger partial charge in [0.05, 0.1) is 30.0 Å². The average Bonchev–Trinajstić information content (AvgIpc) is 3.96. The van der Waals surface area contributed by atoms with E-state index in [-0.39, 0.29) is 36.5 Å². The van der Waals surface area contributed by atoms with Crippen LogP contribution in [0.25, 0.3) is 10.9 Å². The number of rotatable bonds is 8. The fraction of sp³-hybridized carbons (Fsp3) is 0.600. The van der Waals surface area contributed by atoms with E-state index >= 15 is 0 Å². The van der Waals surface area contributed by atoms with E-state index in [1.54, 1.807) is 26.0 Å². The lowest BCUT2D eigenvalue weighted by Crippen LogP contribution is -2.58. The molecule has 3 amide bonds. The molecule has 2 aromatic rings. The summed E-state index contributed by atoms with van der Waals surface area (Å²) in [5.74, 6) is -2.29. The second-order valence-corrected chi connectivity index (χ2v) is 16.7. The molecule has 1 aromatic carbocycles. The topological polar surface area (TPSA) is 179 Å². The van der Waals surface area contributed by atoms with Gasteiger partial charge in [-0.15, -0.1) is 0 Å². The third-order valence-electron chi connectivity index (χ3n) is 10.5. The van der Waals surface area contributed by atoms with Crippen molar-refractivity contribution in [1.29, 1.82) is 0 Å². The number of benzene rings is 1. The number of carbonyl (C=O) groups excluding carboxylic acids is 3. The highest BCUT2D eigenvalue weighted by atomic mass is 32.2. The summed E-state index contributed by atoms with van der Waals surface area (Å²) in [7, 11) is -2.56. The number of aryl methyl sites for hydroxylation is 1. The number of carbonyl (C=O) groups is 3. The Morgan fingerprint density at radius 3 is 2.62 bits per heavy atom. The van der Waals surface area contributed by atoms with E-state index in [9.17, 15) is 36.0 Å². The minimum absolute atomic E-state index is 0.0590. The molecule has 5 atom stereocenters. The first-order chi connectivity index (χ1) is 24.5. The Hall–Kier alpha value is -4.12. The van der Waals surface area contributed by atoms with Crippen molar-refractivity contribution in [3.63, 3.8) is 0 Å². The monoisotopic (exact) mass is 751 g/mol. The zero-order chi connectivity index (χ0) is 37.6. The fourth-order valence-electron chi connectivity index (χ4n) is 6.93. The van der Waals surface area contributed by atoms with Crippen molar-refractivity contribution in [1.82, 2.24) is 19.9 Å². The zero-order valence-electron chi connectivity index (χ0n) is 29.3. The van der Waals surface area contributed by atoms with Gasteiger partial charge < -0.3 is 30.2 Å². The predicted molar refractivity (Wildman–Crippen MR) is 183 cm³/mol. The molecule has 13 nitrogen and oxygen atoms in total. The van der Waals surface area contributed by atoms with Gasteiger partial charge in [-0.3, -0.25) is 19.1 Å². The summed E-state index contributed by atoms with van der Waals surface area (Å²) in [6.07, 6.45) is 2.55. The van der Waals surface area contributed by atoms with Crippen molar-refractivity contribution in [3.8, 4) is 17.4 Å². The molecule has 4 aliphatic rings. The second kappa shape index (κ2) is 14.0. The molecule has 3 fully saturated rings. The lowest BCUT2D eigenvalue weighted by molar-refractivity contribution is -0.154. The molecule has 1 saturated heterocycles. The number of amides is 3. The number of pyridine rings is 1. The van der Waals surface area contributed by atoms with Crippen LogP contribution in [-0.4, -0.2) is 90.9 Å². The highest BCUT2D eigenvalue weighted by Gasteiger charge is 2.63. The van der Waals surface area contributed by atoms with E-state index in [1.165, 1.54) is 18.1 Å². The third-order valence-corrected chi connectivity index (χ3v) is 12.7. The van der Waals surface area contributed by atoms with Gasteiger partial charge in [0.25, 0.3) is 5.91 Å². The van der Waals surface area contributed by atoms with Crippen LogP contribution < -0.4 is 30.0 Å². The van der Waals surface area contributed by atoms with Crippen LogP contribution in [0.15, 0.2) is 30.4 Å². The van der Waals surface area contributed by atoms with Crippen molar-refractivity contribution in [2.24, 2.45) is 11.7 Å². The number of hydrogen-bond donors (Lipinski definition) is 3. The SMILES string of the molecule is COc1ccc2c(O[C@@H]3C[C@H]4C(=O)N[C@]5(C(=O)NS(=O)(=O)C6(C)CC6)CC5/C=C\CCCCC[C@H](N)C(=O)N4C3)cc(OCC(F)(F)F)nc2c1C.